The van der Waals surface area contributed by atoms with Gasteiger partial charge in [-0.3, -0.25) is 0 Å². The summed E-state index contributed by atoms with van der Waals surface area (Å²) in [5.74, 6) is -0.213. The molecule has 1 N–H and O–H groups in total. The topological polar surface area (TPSA) is 12.0 Å². The number of nitrogens with one attached hydrogen (secondary N) is 1. The number of halogens is 2. The van der Waals surface area contributed by atoms with Crippen LogP contribution in [-0.4, -0.2) is 0 Å². The Labute approximate surface area is 118 Å². The van der Waals surface area contributed by atoms with E-state index in [-0.39, 0.29) is 17.9 Å². The van der Waals surface area contributed by atoms with Crippen LogP contribution in [-0.2, 0) is 0 Å². The molecule has 0 radical (unpaired) electrons. The molecule has 2 atom stereocenters. The van der Waals surface area contributed by atoms with Crippen molar-refractivity contribution in [3.05, 3.63) is 70.5 Å². The van der Waals surface area contributed by atoms with Crippen molar-refractivity contribution in [3.63, 3.8) is 0 Å². The molecule has 3 heteroatoms. The molecule has 0 heterocycles. The average Bonchev–Trinajstić information content (AvgIpc) is 2.39. The van der Waals surface area contributed by atoms with Crippen molar-refractivity contribution in [2.45, 2.75) is 25.9 Å². The van der Waals surface area contributed by atoms with Gasteiger partial charge in [0.15, 0.2) is 0 Å². The third-order valence-corrected chi connectivity index (χ3v) is 3.59. The average molecular weight is 278 g/mol. The van der Waals surface area contributed by atoms with E-state index in [1.807, 2.05) is 24.3 Å². The highest BCUT2D eigenvalue weighted by Crippen LogP contribution is 2.25. The summed E-state index contributed by atoms with van der Waals surface area (Å²) in [6.45, 7) is 4.13. The maximum absolute atomic E-state index is 12.9. The third-order valence-electron chi connectivity index (χ3n) is 3.24. The third kappa shape index (κ3) is 3.55. The highest BCUT2D eigenvalue weighted by atomic mass is 35.5. The number of hydrogen-bond donors (Lipinski definition) is 1. The molecule has 0 saturated heterocycles. The summed E-state index contributed by atoms with van der Waals surface area (Å²) >= 11 is 6.18. The summed E-state index contributed by atoms with van der Waals surface area (Å²) in [4.78, 5) is 0. The molecule has 0 aliphatic rings. The molecule has 0 fully saturated rings. The fourth-order valence-electron chi connectivity index (χ4n) is 2.14. The second-order valence-corrected chi connectivity index (χ2v) is 5.09. The molecule has 0 spiro atoms. The lowest BCUT2D eigenvalue weighted by Gasteiger charge is -2.21. The zero-order chi connectivity index (χ0) is 13.8. The highest BCUT2D eigenvalue weighted by molar-refractivity contribution is 6.31. The van der Waals surface area contributed by atoms with Crippen molar-refractivity contribution in [1.29, 1.82) is 0 Å². The summed E-state index contributed by atoms with van der Waals surface area (Å²) in [7, 11) is 0. The van der Waals surface area contributed by atoms with Crippen LogP contribution in [0.2, 0.25) is 5.02 Å². The van der Waals surface area contributed by atoms with Crippen LogP contribution in [0.4, 0.5) is 4.39 Å². The van der Waals surface area contributed by atoms with E-state index in [0.717, 1.165) is 16.1 Å². The molecular weight excluding hydrogens is 261 g/mol. The van der Waals surface area contributed by atoms with E-state index in [1.54, 1.807) is 12.1 Å². The van der Waals surface area contributed by atoms with Gasteiger partial charge in [-0.05, 0) is 43.2 Å². The summed E-state index contributed by atoms with van der Waals surface area (Å²) < 4.78 is 12.9. The number of benzene rings is 2. The van der Waals surface area contributed by atoms with Gasteiger partial charge in [0.05, 0.1) is 0 Å². The maximum atomic E-state index is 12.9. The van der Waals surface area contributed by atoms with Gasteiger partial charge in [-0.2, -0.15) is 0 Å². The molecule has 0 bridgehead atoms. The van der Waals surface area contributed by atoms with Crippen molar-refractivity contribution in [2.24, 2.45) is 0 Å². The Kier molecular flexibility index (Phi) is 4.56. The van der Waals surface area contributed by atoms with Gasteiger partial charge in [-0.1, -0.05) is 41.9 Å². The molecule has 100 valence electrons. The molecule has 0 aromatic heterocycles. The summed E-state index contributed by atoms with van der Waals surface area (Å²) in [5.41, 5.74) is 2.12. The Morgan fingerprint density at radius 1 is 0.947 bits per heavy atom. The van der Waals surface area contributed by atoms with Gasteiger partial charge in [0.1, 0.15) is 5.82 Å². The normalized spacial score (nSPS) is 14.1. The minimum Gasteiger partial charge on any atom is -0.304 e. The van der Waals surface area contributed by atoms with Crippen molar-refractivity contribution < 1.29 is 4.39 Å². The van der Waals surface area contributed by atoms with Gasteiger partial charge in [-0.15, -0.1) is 0 Å². The van der Waals surface area contributed by atoms with Crippen LogP contribution in [0.1, 0.15) is 37.1 Å². The quantitative estimate of drug-likeness (QED) is 0.839. The summed E-state index contributed by atoms with van der Waals surface area (Å²) in [6, 6.07) is 14.6. The molecule has 2 rings (SSSR count). The zero-order valence-corrected chi connectivity index (χ0v) is 11.8. The molecule has 2 aromatic rings. The Morgan fingerprint density at radius 2 is 1.58 bits per heavy atom. The molecule has 0 saturated carbocycles. The Bertz CT molecular complexity index is 539. The minimum absolute atomic E-state index is 0.131. The van der Waals surface area contributed by atoms with Crippen LogP contribution >= 0.6 is 11.6 Å². The van der Waals surface area contributed by atoms with Crippen LogP contribution in [0.5, 0.6) is 0 Å². The van der Waals surface area contributed by atoms with Crippen molar-refractivity contribution in [2.75, 3.05) is 0 Å². The van der Waals surface area contributed by atoms with Crippen molar-refractivity contribution in [3.8, 4) is 0 Å². The molecular formula is C16H17ClFN. The fraction of sp³-hybridized carbons (Fsp3) is 0.250. The van der Waals surface area contributed by atoms with Crippen LogP contribution < -0.4 is 5.32 Å². The van der Waals surface area contributed by atoms with Crippen molar-refractivity contribution >= 4 is 11.6 Å². The van der Waals surface area contributed by atoms with E-state index in [2.05, 4.69) is 19.2 Å². The predicted octanol–water partition coefficient (Wildman–Crippen LogP) is 4.89. The van der Waals surface area contributed by atoms with Gasteiger partial charge in [0.25, 0.3) is 0 Å². The molecule has 0 aliphatic heterocycles. The van der Waals surface area contributed by atoms with Gasteiger partial charge in [0, 0.05) is 17.1 Å². The highest BCUT2D eigenvalue weighted by Gasteiger charge is 2.13. The second-order valence-electron chi connectivity index (χ2n) is 4.68. The number of rotatable bonds is 4. The Morgan fingerprint density at radius 3 is 2.21 bits per heavy atom. The number of hydrogen-bond acceptors (Lipinski definition) is 1. The molecule has 2 aromatic carbocycles. The molecule has 0 aliphatic carbocycles. The first-order valence-electron chi connectivity index (χ1n) is 6.34. The van der Waals surface area contributed by atoms with Gasteiger partial charge in [0.2, 0.25) is 0 Å². The van der Waals surface area contributed by atoms with E-state index in [1.165, 1.54) is 12.1 Å². The van der Waals surface area contributed by atoms with E-state index < -0.39 is 0 Å². The molecule has 19 heavy (non-hydrogen) atoms. The molecule has 1 nitrogen and oxygen atoms in total. The first-order valence-corrected chi connectivity index (χ1v) is 6.71. The maximum Gasteiger partial charge on any atom is 0.123 e. The predicted molar refractivity (Wildman–Crippen MR) is 77.8 cm³/mol. The first-order chi connectivity index (χ1) is 9.08. The van der Waals surface area contributed by atoms with Crippen LogP contribution in [0.3, 0.4) is 0 Å². The Hall–Kier alpha value is -1.38. The van der Waals surface area contributed by atoms with Crippen LogP contribution in [0.25, 0.3) is 0 Å². The van der Waals surface area contributed by atoms with Crippen molar-refractivity contribution in [1.82, 2.24) is 5.32 Å². The van der Waals surface area contributed by atoms with Gasteiger partial charge in [-0.25, -0.2) is 4.39 Å². The SMILES string of the molecule is C[C@H](N[C@H](C)c1ccc(F)cc1)c1ccccc1Cl. The Balaban J connectivity index is 2.08. The van der Waals surface area contributed by atoms with E-state index in [9.17, 15) is 4.39 Å². The minimum atomic E-state index is -0.213. The van der Waals surface area contributed by atoms with Crippen LogP contribution in [0, 0.1) is 5.82 Å². The van der Waals surface area contributed by atoms with Gasteiger partial charge < -0.3 is 5.32 Å². The van der Waals surface area contributed by atoms with E-state index in [4.69, 9.17) is 11.6 Å². The lowest BCUT2D eigenvalue weighted by molar-refractivity contribution is 0.494. The molecule has 0 unspecified atom stereocenters. The largest absolute Gasteiger partial charge is 0.304 e. The zero-order valence-electron chi connectivity index (χ0n) is 11.0. The fourth-order valence-corrected chi connectivity index (χ4v) is 2.44. The molecule has 0 amide bonds. The van der Waals surface area contributed by atoms with Crippen LogP contribution in [0.15, 0.2) is 48.5 Å². The summed E-state index contributed by atoms with van der Waals surface area (Å²) in [5, 5.41) is 4.22. The lowest BCUT2D eigenvalue weighted by atomic mass is 10.0. The monoisotopic (exact) mass is 277 g/mol. The summed E-state index contributed by atoms with van der Waals surface area (Å²) in [6.07, 6.45) is 0. The van der Waals surface area contributed by atoms with Gasteiger partial charge >= 0.3 is 0 Å². The smallest absolute Gasteiger partial charge is 0.123 e. The second kappa shape index (κ2) is 6.18. The van der Waals surface area contributed by atoms with E-state index >= 15 is 0 Å². The standard InChI is InChI=1S/C16H17ClFN/c1-11(13-7-9-14(18)10-8-13)19-12(2)15-5-3-4-6-16(15)17/h3-12,19H,1-2H3/t11-,12+/m1/s1. The van der Waals surface area contributed by atoms with E-state index in [0.29, 0.717) is 0 Å². The first kappa shape index (κ1) is 14.0. The lowest BCUT2D eigenvalue weighted by Crippen LogP contribution is -2.22.